The van der Waals surface area contributed by atoms with E-state index in [0.29, 0.717) is 12.5 Å². The van der Waals surface area contributed by atoms with Gasteiger partial charge in [0.15, 0.2) is 0 Å². The smallest absolute Gasteiger partial charge is 0.317 e. The van der Waals surface area contributed by atoms with Gasteiger partial charge in [0.1, 0.15) is 0 Å². The Morgan fingerprint density at radius 1 is 1.33 bits per heavy atom. The van der Waals surface area contributed by atoms with Crippen LogP contribution in [0.25, 0.3) is 0 Å². The molecule has 1 atom stereocenters. The summed E-state index contributed by atoms with van der Waals surface area (Å²) in [6.07, 6.45) is 2.01. The second kappa shape index (κ2) is 9.08. The van der Waals surface area contributed by atoms with Gasteiger partial charge in [0.2, 0.25) is 0 Å². The van der Waals surface area contributed by atoms with Gasteiger partial charge in [0, 0.05) is 19.1 Å². The van der Waals surface area contributed by atoms with Gasteiger partial charge in [-0.3, -0.25) is 4.79 Å². The van der Waals surface area contributed by atoms with E-state index in [0.717, 1.165) is 5.75 Å². The normalized spacial score (nSPS) is 12.3. The van der Waals surface area contributed by atoms with Gasteiger partial charge in [-0.15, -0.1) is 0 Å². The van der Waals surface area contributed by atoms with Crippen molar-refractivity contribution in [1.82, 2.24) is 10.2 Å². The summed E-state index contributed by atoms with van der Waals surface area (Å²) in [5.41, 5.74) is 0. The lowest BCUT2D eigenvalue weighted by molar-refractivity contribution is -0.137. The van der Waals surface area contributed by atoms with E-state index in [1.165, 1.54) is 0 Å². The maximum Gasteiger partial charge on any atom is 0.317 e. The maximum absolute atomic E-state index is 11.9. The molecule has 2 amide bonds. The predicted octanol–water partition coefficient (Wildman–Crippen LogP) is 1.88. The molecule has 0 heterocycles. The topological polar surface area (TPSA) is 69.6 Å². The average Bonchev–Trinajstić information content (AvgIpc) is 2.26. The minimum atomic E-state index is -0.885. The number of carbonyl (C=O) groups is 2. The lowest BCUT2D eigenvalue weighted by Crippen LogP contribution is -2.46. The van der Waals surface area contributed by atoms with Crippen molar-refractivity contribution in [1.29, 1.82) is 0 Å². The Balaban J connectivity index is 4.18. The highest BCUT2D eigenvalue weighted by atomic mass is 32.2. The molecule has 18 heavy (non-hydrogen) atoms. The highest BCUT2D eigenvalue weighted by Gasteiger charge is 2.18. The van der Waals surface area contributed by atoms with Crippen molar-refractivity contribution in [2.24, 2.45) is 5.92 Å². The number of rotatable bonds is 8. The molecule has 0 fully saturated rings. The Morgan fingerprint density at radius 2 is 1.94 bits per heavy atom. The van der Waals surface area contributed by atoms with Gasteiger partial charge in [0.25, 0.3) is 0 Å². The summed E-state index contributed by atoms with van der Waals surface area (Å²) in [6.45, 7) is 6.71. The molecule has 0 aromatic carbocycles. The molecule has 106 valence electrons. The van der Waals surface area contributed by atoms with Gasteiger partial charge < -0.3 is 15.3 Å². The quantitative estimate of drug-likeness (QED) is 0.710. The fourth-order valence-corrected chi connectivity index (χ4v) is 2.20. The molecule has 0 saturated carbocycles. The summed E-state index contributed by atoms with van der Waals surface area (Å²) in [6, 6.07) is -0.181. The zero-order valence-corrected chi connectivity index (χ0v) is 12.4. The van der Waals surface area contributed by atoms with Crippen LogP contribution in [0, 0.1) is 5.92 Å². The van der Waals surface area contributed by atoms with Crippen LogP contribution in [0.5, 0.6) is 0 Å². The molecule has 0 aliphatic heterocycles. The highest BCUT2D eigenvalue weighted by molar-refractivity contribution is 7.98. The molecule has 5 nitrogen and oxygen atoms in total. The Labute approximate surface area is 113 Å². The number of hydrogen-bond acceptors (Lipinski definition) is 3. The number of amides is 2. The second-order valence-corrected chi connectivity index (χ2v) is 5.59. The molecule has 0 aliphatic rings. The first-order valence-corrected chi connectivity index (χ1v) is 7.53. The number of carboxylic acids is 1. The van der Waals surface area contributed by atoms with Crippen LogP contribution in [0.15, 0.2) is 0 Å². The van der Waals surface area contributed by atoms with E-state index in [1.807, 2.05) is 20.1 Å². The minimum Gasteiger partial charge on any atom is -0.481 e. The SMILES string of the molecule is CSCC(C)CNC(=O)N(CCC(=O)O)C(C)C. The summed E-state index contributed by atoms with van der Waals surface area (Å²) < 4.78 is 0. The van der Waals surface area contributed by atoms with Gasteiger partial charge in [-0.2, -0.15) is 11.8 Å². The van der Waals surface area contributed by atoms with Crippen molar-refractivity contribution >= 4 is 23.8 Å². The van der Waals surface area contributed by atoms with Crippen LogP contribution < -0.4 is 5.32 Å². The third kappa shape index (κ3) is 7.42. The molecular weight excluding hydrogens is 252 g/mol. The molecule has 0 spiro atoms. The number of aliphatic carboxylic acids is 1. The molecular formula is C12H24N2O3S. The number of hydrogen-bond donors (Lipinski definition) is 2. The molecule has 0 aromatic rings. The summed E-state index contributed by atoms with van der Waals surface area (Å²) in [5.74, 6) is 0.526. The largest absolute Gasteiger partial charge is 0.481 e. The summed E-state index contributed by atoms with van der Waals surface area (Å²) in [5, 5.41) is 11.5. The van der Waals surface area contributed by atoms with Crippen LogP contribution in [0.4, 0.5) is 4.79 Å². The fourth-order valence-electron chi connectivity index (χ4n) is 1.52. The van der Waals surface area contributed by atoms with Gasteiger partial charge >= 0.3 is 12.0 Å². The molecule has 0 aliphatic carbocycles. The zero-order chi connectivity index (χ0) is 14.1. The lowest BCUT2D eigenvalue weighted by atomic mass is 10.2. The minimum absolute atomic E-state index is 0.000191. The standard InChI is InChI=1S/C12H24N2O3S/c1-9(2)14(6-5-11(15)16)12(17)13-7-10(3)8-18-4/h9-10H,5-8H2,1-4H3,(H,13,17)(H,15,16). The van der Waals surface area contributed by atoms with Crippen molar-refractivity contribution in [3.05, 3.63) is 0 Å². The van der Waals surface area contributed by atoms with Crippen molar-refractivity contribution in [2.45, 2.75) is 33.2 Å². The number of nitrogens with one attached hydrogen (secondary N) is 1. The number of carboxylic acid groups (broad SMARTS) is 1. The van der Waals surface area contributed by atoms with Gasteiger partial charge in [-0.25, -0.2) is 4.79 Å². The van der Waals surface area contributed by atoms with Crippen LogP contribution >= 0.6 is 11.8 Å². The first-order chi connectivity index (χ1) is 8.38. The van der Waals surface area contributed by atoms with Crippen molar-refractivity contribution in [2.75, 3.05) is 25.1 Å². The molecule has 1 unspecified atom stereocenters. The van der Waals surface area contributed by atoms with Crippen LogP contribution in [0.3, 0.4) is 0 Å². The van der Waals surface area contributed by atoms with E-state index in [1.54, 1.807) is 16.7 Å². The Morgan fingerprint density at radius 3 is 2.39 bits per heavy atom. The van der Waals surface area contributed by atoms with E-state index in [2.05, 4.69) is 12.2 Å². The summed E-state index contributed by atoms with van der Waals surface area (Å²) in [4.78, 5) is 24.0. The van der Waals surface area contributed by atoms with Crippen LogP contribution in [-0.4, -0.2) is 53.1 Å². The Bertz CT molecular complexity index is 272. The fraction of sp³-hybridized carbons (Fsp3) is 0.833. The van der Waals surface area contributed by atoms with E-state index in [9.17, 15) is 9.59 Å². The number of carbonyl (C=O) groups excluding carboxylic acids is 1. The Kier molecular flexibility index (Phi) is 8.62. The molecule has 0 rings (SSSR count). The van der Waals surface area contributed by atoms with Crippen LogP contribution in [0.2, 0.25) is 0 Å². The number of thioether (sulfide) groups is 1. The van der Waals surface area contributed by atoms with Gasteiger partial charge in [-0.1, -0.05) is 6.92 Å². The molecule has 0 saturated heterocycles. The highest BCUT2D eigenvalue weighted by Crippen LogP contribution is 2.04. The van der Waals surface area contributed by atoms with Crippen molar-refractivity contribution < 1.29 is 14.7 Å². The monoisotopic (exact) mass is 276 g/mol. The summed E-state index contributed by atoms with van der Waals surface area (Å²) in [7, 11) is 0. The predicted molar refractivity (Wildman–Crippen MR) is 75.0 cm³/mol. The zero-order valence-electron chi connectivity index (χ0n) is 11.6. The van der Waals surface area contributed by atoms with E-state index in [4.69, 9.17) is 5.11 Å². The van der Waals surface area contributed by atoms with Crippen molar-refractivity contribution in [3.8, 4) is 0 Å². The number of nitrogens with zero attached hydrogens (tertiary/aromatic N) is 1. The van der Waals surface area contributed by atoms with Crippen molar-refractivity contribution in [3.63, 3.8) is 0 Å². The molecule has 0 aromatic heterocycles. The first-order valence-electron chi connectivity index (χ1n) is 6.13. The van der Waals surface area contributed by atoms with Crippen LogP contribution in [0.1, 0.15) is 27.2 Å². The van der Waals surface area contributed by atoms with E-state index in [-0.39, 0.29) is 25.0 Å². The van der Waals surface area contributed by atoms with E-state index >= 15 is 0 Å². The van der Waals surface area contributed by atoms with Crippen LogP contribution in [-0.2, 0) is 4.79 Å². The summed E-state index contributed by atoms with van der Waals surface area (Å²) >= 11 is 1.75. The molecule has 0 bridgehead atoms. The molecule has 2 N–H and O–H groups in total. The third-order valence-corrected chi connectivity index (χ3v) is 3.41. The van der Waals surface area contributed by atoms with Gasteiger partial charge in [-0.05, 0) is 31.8 Å². The van der Waals surface area contributed by atoms with E-state index < -0.39 is 5.97 Å². The number of urea groups is 1. The molecule has 6 heteroatoms. The molecule has 0 radical (unpaired) electrons. The lowest BCUT2D eigenvalue weighted by Gasteiger charge is -2.27. The average molecular weight is 276 g/mol. The van der Waals surface area contributed by atoms with Gasteiger partial charge in [0.05, 0.1) is 6.42 Å². The first kappa shape index (κ1) is 17.1. The Hall–Kier alpha value is -0.910. The maximum atomic E-state index is 11.9. The second-order valence-electron chi connectivity index (χ2n) is 4.68. The third-order valence-electron chi connectivity index (χ3n) is 2.50.